The number of hydrogen-bond donors (Lipinski definition) is 1. The molecule has 1 heterocycles. The number of ether oxygens (including phenoxy) is 1. The third-order valence-corrected chi connectivity index (χ3v) is 4.74. The second-order valence-corrected chi connectivity index (χ2v) is 7.13. The minimum Gasteiger partial charge on any atom is -0.484 e. The van der Waals surface area contributed by atoms with Crippen LogP contribution in [0.4, 0.5) is 0 Å². The molecule has 0 aliphatic carbocycles. The van der Waals surface area contributed by atoms with E-state index in [2.05, 4.69) is 46.6 Å². The van der Waals surface area contributed by atoms with Crippen LogP contribution in [0.5, 0.6) is 5.75 Å². The highest BCUT2D eigenvalue weighted by atomic mass is 32.2. The zero-order valence-corrected chi connectivity index (χ0v) is 16.1. The molecule has 0 spiro atoms. The Bertz CT molecular complexity index is 876. The van der Waals surface area contributed by atoms with Gasteiger partial charge >= 0.3 is 0 Å². The van der Waals surface area contributed by atoms with Crippen molar-refractivity contribution in [2.24, 2.45) is 0 Å². The molecule has 0 saturated heterocycles. The third kappa shape index (κ3) is 5.86. The van der Waals surface area contributed by atoms with Gasteiger partial charge in [0, 0.05) is 29.7 Å². The number of thioether (sulfide) groups is 1. The summed E-state index contributed by atoms with van der Waals surface area (Å²) in [5.74, 6) is 2.33. The van der Waals surface area contributed by atoms with Gasteiger partial charge in [-0.2, -0.15) is 4.98 Å². The number of nitrogens with zero attached hydrogens (tertiary/aromatic N) is 2. The van der Waals surface area contributed by atoms with Crippen LogP contribution in [0.3, 0.4) is 0 Å². The zero-order valence-electron chi connectivity index (χ0n) is 15.3. The average molecular weight is 383 g/mol. The summed E-state index contributed by atoms with van der Waals surface area (Å²) in [6.45, 7) is 4.38. The van der Waals surface area contributed by atoms with E-state index >= 15 is 0 Å². The number of benzene rings is 2. The quantitative estimate of drug-likeness (QED) is 0.473. The van der Waals surface area contributed by atoms with Crippen LogP contribution >= 0.6 is 11.8 Å². The fraction of sp³-hybridized carbons (Fsp3) is 0.250. The number of carbonyl (C=O) groups is 1. The van der Waals surface area contributed by atoms with E-state index in [0.717, 1.165) is 11.3 Å². The molecule has 2 aromatic carbocycles. The first-order valence-corrected chi connectivity index (χ1v) is 9.58. The van der Waals surface area contributed by atoms with Crippen molar-refractivity contribution in [1.82, 2.24) is 15.5 Å². The highest BCUT2D eigenvalue weighted by Crippen LogP contribution is 2.20. The van der Waals surface area contributed by atoms with Crippen LogP contribution in [0.1, 0.15) is 11.5 Å². The van der Waals surface area contributed by atoms with Gasteiger partial charge in [-0.05, 0) is 43.3 Å². The van der Waals surface area contributed by atoms with E-state index in [1.807, 2.05) is 12.1 Å². The molecule has 27 heavy (non-hydrogen) atoms. The molecule has 140 valence electrons. The van der Waals surface area contributed by atoms with Gasteiger partial charge in [0.25, 0.3) is 5.91 Å². The van der Waals surface area contributed by atoms with E-state index < -0.39 is 0 Å². The van der Waals surface area contributed by atoms with Gasteiger partial charge in [-0.25, -0.2) is 0 Å². The van der Waals surface area contributed by atoms with Crippen molar-refractivity contribution in [2.45, 2.75) is 18.7 Å². The Kier molecular flexibility index (Phi) is 6.49. The number of aryl methyl sites for hydroxylation is 2. The Labute approximate surface area is 162 Å². The molecule has 1 amide bonds. The molecule has 0 fully saturated rings. The minimum absolute atomic E-state index is 0.0180. The Morgan fingerprint density at radius 3 is 2.52 bits per heavy atom. The predicted octanol–water partition coefficient (Wildman–Crippen LogP) is 3.64. The van der Waals surface area contributed by atoms with Gasteiger partial charge in [-0.1, -0.05) is 22.9 Å². The van der Waals surface area contributed by atoms with Crippen LogP contribution in [0.2, 0.25) is 0 Å². The lowest BCUT2D eigenvalue weighted by Gasteiger charge is -2.08. The fourth-order valence-electron chi connectivity index (χ4n) is 2.31. The maximum atomic E-state index is 11.9. The molecule has 0 aliphatic heterocycles. The van der Waals surface area contributed by atoms with Crippen molar-refractivity contribution in [3.05, 3.63) is 60.0 Å². The van der Waals surface area contributed by atoms with Crippen molar-refractivity contribution >= 4 is 17.7 Å². The molecule has 0 bridgehead atoms. The van der Waals surface area contributed by atoms with Crippen molar-refractivity contribution in [2.75, 3.05) is 18.9 Å². The lowest BCUT2D eigenvalue weighted by Crippen LogP contribution is -2.30. The second-order valence-electron chi connectivity index (χ2n) is 5.96. The average Bonchev–Trinajstić information content (AvgIpc) is 3.12. The van der Waals surface area contributed by atoms with Gasteiger partial charge in [-0.3, -0.25) is 4.79 Å². The van der Waals surface area contributed by atoms with Gasteiger partial charge in [0.2, 0.25) is 11.7 Å². The number of aromatic nitrogens is 2. The fourth-order valence-corrected chi connectivity index (χ4v) is 3.08. The van der Waals surface area contributed by atoms with Crippen LogP contribution in [0.15, 0.2) is 57.9 Å². The van der Waals surface area contributed by atoms with Crippen LogP contribution in [0.25, 0.3) is 11.4 Å². The van der Waals surface area contributed by atoms with Crippen molar-refractivity contribution in [1.29, 1.82) is 0 Å². The SMILES string of the molecule is Cc1ccc(SCCNC(=O)COc2ccc(-c3noc(C)n3)cc2)cc1. The van der Waals surface area contributed by atoms with Crippen LogP contribution < -0.4 is 10.1 Å². The molecule has 0 radical (unpaired) electrons. The largest absolute Gasteiger partial charge is 0.484 e. The van der Waals surface area contributed by atoms with E-state index in [4.69, 9.17) is 9.26 Å². The highest BCUT2D eigenvalue weighted by molar-refractivity contribution is 7.99. The molecule has 0 atom stereocenters. The summed E-state index contributed by atoms with van der Waals surface area (Å²) in [6.07, 6.45) is 0. The molecule has 1 aromatic heterocycles. The van der Waals surface area contributed by atoms with E-state index in [9.17, 15) is 4.79 Å². The van der Waals surface area contributed by atoms with E-state index in [0.29, 0.717) is 24.0 Å². The molecule has 0 saturated carbocycles. The van der Waals surface area contributed by atoms with Gasteiger partial charge < -0.3 is 14.6 Å². The molecule has 3 aromatic rings. The van der Waals surface area contributed by atoms with Crippen LogP contribution in [-0.2, 0) is 4.79 Å². The summed E-state index contributed by atoms with van der Waals surface area (Å²) in [4.78, 5) is 17.3. The van der Waals surface area contributed by atoms with Crippen LogP contribution in [0, 0.1) is 13.8 Å². The summed E-state index contributed by atoms with van der Waals surface area (Å²) in [6, 6.07) is 15.6. The second kappa shape index (κ2) is 9.23. The van der Waals surface area contributed by atoms with E-state index in [1.165, 1.54) is 10.5 Å². The van der Waals surface area contributed by atoms with Gasteiger partial charge in [0.15, 0.2) is 6.61 Å². The molecule has 1 N–H and O–H groups in total. The highest BCUT2D eigenvalue weighted by Gasteiger charge is 2.07. The normalized spacial score (nSPS) is 10.6. The van der Waals surface area contributed by atoms with Gasteiger partial charge in [0.05, 0.1) is 0 Å². The summed E-state index contributed by atoms with van der Waals surface area (Å²) >= 11 is 1.71. The first kappa shape index (κ1) is 19.0. The summed E-state index contributed by atoms with van der Waals surface area (Å²) in [5.41, 5.74) is 2.07. The number of amides is 1. The standard InChI is InChI=1S/C20H21N3O3S/c1-14-3-9-18(10-4-14)27-12-11-21-19(24)13-25-17-7-5-16(6-8-17)20-22-15(2)26-23-20/h3-10H,11-13H2,1-2H3,(H,21,24). The Hall–Kier alpha value is -2.80. The summed E-state index contributed by atoms with van der Waals surface area (Å²) in [7, 11) is 0. The molecule has 6 nitrogen and oxygen atoms in total. The lowest BCUT2D eigenvalue weighted by molar-refractivity contribution is -0.122. The monoisotopic (exact) mass is 383 g/mol. The maximum absolute atomic E-state index is 11.9. The first-order chi connectivity index (χ1) is 13.1. The molecule has 0 aliphatic rings. The smallest absolute Gasteiger partial charge is 0.257 e. The number of hydrogen-bond acceptors (Lipinski definition) is 6. The molecule has 7 heteroatoms. The minimum atomic E-state index is -0.141. The Balaban J connectivity index is 1.36. The Morgan fingerprint density at radius 2 is 1.85 bits per heavy atom. The predicted molar refractivity (Wildman–Crippen MR) is 105 cm³/mol. The van der Waals surface area contributed by atoms with Crippen molar-refractivity contribution in [3.8, 4) is 17.1 Å². The first-order valence-electron chi connectivity index (χ1n) is 8.60. The molecule has 3 rings (SSSR count). The van der Waals surface area contributed by atoms with Crippen molar-refractivity contribution < 1.29 is 14.1 Å². The number of nitrogens with one attached hydrogen (secondary N) is 1. The zero-order chi connectivity index (χ0) is 19.1. The van der Waals surface area contributed by atoms with Crippen LogP contribution in [-0.4, -0.2) is 35.0 Å². The Morgan fingerprint density at radius 1 is 1.11 bits per heavy atom. The summed E-state index contributed by atoms with van der Waals surface area (Å²) < 4.78 is 10.5. The van der Waals surface area contributed by atoms with E-state index in [-0.39, 0.29) is 12.5 Å². The molecule has 0 unspecified atom stereocenters. The number of carbonyl (C=O) groups excluding carboxylic acids is 1. The third-order valence-electron chi connectivity index (χ3n) is 3.72. The van der Waals surface area contributed by atoms with Gasteiger partial charge in [0.1, 0.15) is 5.75 Å². The molecular formula is C20H21N3O3S. The van der Waals surface area contributed by atoms with Crippen molar-refractivity contribution in [3.63, 3.8) is 0 Å². The van der Waals surface area contributed by atoms with E-state index in [1.54, 1.807) is 30.8 Å². The number of rotatable bonds is 8. The lowest BCUT2D eigenvalue weighted by atomic mass is 10.2. The van der Waals surface area contributed by atoms with Gasteiger partial charge in [-0.15, -0.1) is 11.8 Å². The maximum Gasteiger partial charge on any atom is 0.257 e. The topological polar surface area (TPSA) is 77.2 Å². The summed E-state index contributed by atoms with van der Waals surface area (Å²) in [5, 5.41) is 6.72. The molecular weight excluding hydrogens is 362 g/mol.